The number of fused-ring (bicyclic) bond motifs is 1. The van der Waals surface area contributed by atoms with Gasteiger partial charge in [0.2, 0.25) is 0 Å². The van der Waals surface area contributed by atoms with Crippen LogP contribution in [-0.4, -0.2) is 37.7 Å². The zero-order valence-corrected chi connectivity index (χ0v) is 19.4. The Labute approximate surface area is 198 Å². The largest absolute Gasteiger partial charge is 0.507 e. The molecule has 2 N–H and O–H groups in total. The standard InChI is InChI=1S/C27H26N4O3/c1-4-34-20-9-7-19(8-10-20)25-22-23(21-13-16(2)12-17(3)26(21)32)29-30-24(22)27(33)31(25)15-18-6-5-11-28-14-18/h5-14,25,32H,4,15H2,1-3H3,(H,29,30)/t25-/m1/s1. The molecule has 1 atom stereocenters. The predicted molar refractivity (Wildman–Crippen MR) is 129 cm³/mol. The summed E-state index contributed by atoms with van der Waals surface area (Å²) in [7, 11) is 0. The summed E-state index contributed by atoms with van der Waals surface area (Å²) in [5.74, 6) is 0.804. The van der Waals surface area contributed by atoms with E-state index in [0.29, 0.717) is 30.1 Å². The Morgan fingerprint density at radius 3 is 2.65 bits per heavy atom. The fourth-order valence-electron chi connectivity index (χ4n) is 4.65. The second-order valence-electron chi connectivity index (χ2n) is 8.54. The summed E-state index contributed by atoms with van der Waals surface area (Å²) < 4.78 is 5.62. The lowest BCUT2D eigenvalue weighted by Gasteiger charge is -2.26. The van der Waals surface area contributed by atoms with Crippen LogP contribution in [0.25, 0.3) is 11.3 Å². The lowest BCUT2D eigenvalue weighted by atomic mass is 9.94. The highest BCUT2D eigenvalue weighted by Crippen LogP contribution is 2.46. The molecule has 1 aliphatic heterocycles. The predicted octanol–water partition coefficient (Wildman–Crippen LogP) is 4.94. The van der Waals surface area contributed by atoms with E-state index >= 15 is 0 Å². The van der Waals surface area contributed by atoms with Gasteiger partial charge >= 0.3 is 0 Å². The number of ether oxygens (including phenoxy) is 1. The summed E-state index contributed by atoms with van der Waals surface area (Å²) in [5, 5.41) is 18.3. The normalized spacial score (nSPS) is 15.0. The van der Waals surface area contributed by atoms with Gasteiger partial charge in [0.15, 0.2) is 0 Å². The third-order valence-electron chi connectivity index (χ3n) is 6.15. The van der Waals surface area contributed by atoms with Gasteiger partial charge in [0.25, 0.3) is 5.91 Å². The second kappa shape index (κ2) is 8.67. The molecule has 3 heterocycles. The highest BCUT2D eigenvalue weighted by molar-refractivity contribution is 6.00. The van der Waals surface area contributed by atoms with E-state index in [-0.39, 0.29) is 17.7 Å². The van der Waals surface area contributed by atoms with E-state index in [9.17, 15) is 9.90 Å². The van der Waals surface area contributed by atoms with E-state index in [1.54, 1.807) is 12.4 Å². The van der Waals surface area contributed by atoms with Crippen LogP contribution >= 0.6 is 0 Å². The fraction of sp³-hybridized carbons (Fsp3) is 0.222. The van der Waals surface area contributed by atoms with Crippen molar-refractivity contribution in [2.45, 2.75) is 33.4 Å². The molecule has 0 unspecified atom stereocenters. The molecule has 5 rings (SSSR count). The Morgan fingerprint density at radius 2 is 1.94 bits per heavy atom. The average Bonchev–Trinajstić information content (AvgIpc) is 3.37. The molecule has 1 amide bonds. The number of aromatic amines is 1. The van der Waals surface area contributed by atoms with Gasteiger partial charge in [-0.3, -0.25) is 14.9 Å². The first-order valence-corrected chi connectivity index (χ1v) is 11.3. The lowest BCUT2D eigenvalue weighted by molar-refractivity contribution is 0.0730. The Bertz CT molecular complexity index is 1350. The highest BCUT2D eigenvalue weighted by atomic mass is 16.5. The second-order valence-corrected chi connectivity index (χ2v) is 8.54. The Hall–Kier alpha value is -4.13. The maximum atomic E-state index is 13.6. The molecule has 34 heavy (non-hydrogen) atoms. The van der Waals surface area contributed by atoms with Gasteiger partial charge in [-0.25, -0.2) is 0 Å². The van der Waals surface area contributed by atoms with Gasteiger partial charge in [0, 0.05) is 30.1 Å². The van der Waals surface area contributed by atoms with Crippen molar-refractivity contribution >= 4 is 5.91 Å². The first-order valence-electron chi connectivity index (χ1n) is 11.3. The Balaban J connectivity index is 1.66. The number of hydrogen-bond donors (Lipinski definition) is 2. The zero-order valence-electron chi connectivity index (χ0n) is 19.4. The van der Waals surface area contributed by atoms with Crippen LogP contribution in [0.3, 0.4) is 0 Å². The van der Waals surface area contributed by atoms with Crippen molar-refractivity contribution in [2.75, 3.05) is 6.61 Å². The van der Waals surface area contributed by atoms with Crippen LogP contribution in [0, 0.1) is 13.8 Å². The molecule has 0 spiro atoms. The third-order valence-corrected chi connectivity index (χ3v) is 6.15. The fourth-order valence-corrected chi connectivity index (χ4v) is 4.65. The van der Waals surface area contributed by atoms with Gasteiger partial charge in [-0.1, -0.05) is 24.3 Å². The first-order chi connectivity index (χ1) is 16.5. The van der Waals surface area contributed by atoms with Crippen molar-refractivity contribution in [3.05, 3.63) is 94.4 Å². The van der Waals surface area contributed by atoms with E-state index in [4.69, 9.17) is 4.74 Å². The molecule has 0 saturated heterocycles. The SMILES string of the molecule is CCOc1ccc([C@@H]2c3c(-c4cc(C)cc(C)c4O)n[nH]c3C(=O)N2Cc2cccnc2)cc1. The number of aromatic hydroxyl groups is 1. The molecule has 7 heteroatoms. The number of pyridine rings is 1. The van der Waals surface area contributed by atoms with Gasteiger partial charge in [0.1, 0.15) is 22.9 Å². The van der Waals surface area contributed by atoms with Crippen LogP contribution in [-0.2, 0) is 6.54 Å². The number of benzene rings is 2. The van der Waals surface area contributed by atoms with Gasteiger partial charge in [0.05, 0.1) is 12.6 Å². The van der Waals surface area contributed by atoms with Crippen LogP contribution in [0.2, 0.25) is 0 Å². The van der Waals surface area contributed by atoms with Crippen molar-refractivity contribution in [3.8, 4) is 22.8 Å². The quantitative estimate of drug-likeness (QED) is 0.431. The summed E-state index contributed by atoms with van der Waals surface area (Å²) in [6.07, 6.45) is 3.48. The third kappa shape index (κ3) is 3.69. The van der Waals surface area contributed by atoms with Gasteiger partial charge < -0.3 is 14.7 Å². The van der Waals surface area contributed by atoms with Gasteiger partial charge in [-0.05, 0) is 67.3 Å². The van der Waals surface area contributed by atoms with Crippen molar-refractivity contribution in [3.63, 3.8) is 0 Å². The molecule has 0 bridgehead atoms. The van der Waals surface area contributed by atoms with Gasteiger partial charge in [-0.2, -0.15) is 5.10 Å². The molecule has 0 radical (unpaired) electrons. The van der Waals surface area contributed by atoms with Crippen molar-refractivity contribution < 1.29 is 14.6 Å². The molecule has 1 aliphatic rings. The lowest BCUT2D eigenvalue weighted by Crippen LogP contribution is -2.29. The monoisotopic (exact) mass is 454 g/mol. The number of aryl methyl sites for hydroxylation is 2. The number of H-pyrrole nitrogens is 1. The molecule has 0 aliphatic carbocycles. The molecule has 2 aromatic carbocycles. The number of carbonyl (C=O) groups excluding carboxylic acids is 1. The summed E-state index contributed by atoms with van der Waals surface area (Å²) in [4.78, 5) is 19.6. The molecule has 4 aromatic rings. The molecular weight excluding hydrogens is 428 g/mol. The number of hydrogen-bond acceptors (Lipinski definition) is 5. The minimum absolute atomic E-state index is 0.139. The smallest absolute Gasteiger partial charge is 0.273 e. The van der Waals surface area contributed by atoms with Crippen LogP contribution in [0.4, 0.5) is 0 Å². The van der Waals surface area contributed by atoms with Crippen molar-refractivity contribution in [2.24, 2.45) is 0 Å². The number of nitrogens with one attached hydrogen (secondary N) is 1. The average molecular weight is 455 g/mol. The number of amides is 1. The zero-order chi connectivity index (χ0) is 23.8. The van der Waals surface area contributed by atoms with Crippen LogP contribution in [0.1, 0.15) is 51.3 Å². The van der Waals surface area contributed by atoms with E-state index in [2.05, 4.69) is 15.2 Å². The number of rotatable bonds is 6. The number of phenolic OH excluding ortho intramolecular Hbond substituents is 1. The summed E-state index contributed by atoms with van der Waals surface area (Å²) in [5.41, 5.74) is 6.04. The summed E-state index contributed by atoms with van der Waals surface area (Å²) >= 11 is 0. The Kier molecular flexibility index (Phi) is 5.53. The number of aromatic nitrogens is 3. The van der Waals surface area contributed by atoms with Crippen LogP contribution in [0.5, 0.6) is 11.5 Å². The minimum atomic E-state index is -0.382. The first kappa shape index (κ1) is 21.7. The number of carbonyl (C=O) groups is 1. The maximum Gasteiger partial charge on any atom is 0.273 e. The van der Waals surface area contributed by atoms with Crippen molar-refractivity contribution in [1.82, 2.24) is 20.1 Å². The van der Waals surface area contributed by atoms with E-state index < -0.39 is 0 Å². The van der Waals surface area contributed by atoms with Crippen molar-refractivity contribution in [1.29, 1.82) is 0 Å². The highest BCUT2D eigenvalue weighted by Gasteiger charge is 2.42. The molecule has 2 aromatic heterocycles. The number of nitrogens with zero attached hydrogens (tertiary/aromatic N) is 3. The molecule has 0 saturated carbocycles. The van der Waals surface area contributed by atoms with Crippen LogP contribution < -0.4 is 4.74 Å². The van der Waals surface area contributed by atoms with E-state index in [1.807, 2.05) is 74.2 Å². The molecule has 0 fully saturated rings. The van der Waals surface area contributed by atoms with E-state index in [0.717, 1.165) is 33.6 Å². The molecule has 172 valence electrons. The molecular formula is C27H26N4O3. The minimum Gasteiger partial charge on any atom is -0.507 e. The van der Waals surface area contributed by atoms with Crippen LogP contribution in [0.15, 0.2) is 60.9 Å². The van der Waals surface area contributed by atoms with Gasteiger partial charge in [-0.15, -0.1) is 0 Å². The van der Waals surface area contributed by atoms with E-state index in [1.165, 1.54) is 0 Å². The maximum absolute atomic E-state index is 13.6. The molecule has 7 nitrogen and oxygen atoms in total. The summed E-state index contributed by atoms with van der Waals surface area (Å²) in [6.45, 7) is 6.76. The number of phenols is 1. The summed E-state index contributed by atoms with van der Waals surface area (Å²) in [6, 6.07) is 15.1. The topological polar surface area (TPSA) is 91.3 Å². The Morgan fingerprint density at radius 1 is 1.15 bits per heavy atom.